The number of nitriles is 1. The van der Waals surface area contributed by atoms with Gasteiger partial charge in [-0.05, 0) is 56.2 Å². The molecule has 1 fully saturated rings. The van der Waals surface area contributed by atoms with Gasteiger partial charge in [0.15, 0.2) is 6.61 Å². The second-order valence-electron chi connectivity index (χ2n) is 6.94. The fourth-order valence-corrected chi connectivity index (χ4v) is 3.13. The standard InChI is InChI=1S/C22H23N3O3/c1-16-2-8-20(9-3-16)28-15-21(26)25-12-10-18(11-13-25)22(27)24-19-6-4-17(14-23)5-7-19/h2-9,18H,10-13,15H2,1H3,(H,24,27). The number of piperidine rings is 1. The van der Waals surface area contributed by atoms with E-state index in [1.165, 1.54) is 0 Å². The number of hydrogen-bond donors (Lipinski definition) is 1. The van der Waals surface area contributed by atoms with E-state index >= 15 is 0 Å². The van der Waals surface area contributed by atoms with Crippen LogP contribution in [0.5, 0.6) is 5.75 Å². The van der Waals surface area contributed by atoms with Crippen LogP contribution in [0.15, 0.2) is 48.5 Å². The van der Waals surface area contributed by atoms with Gasteiger partial charge in [0.1, 0.15) is 5.75 Å². The van der Waals surface area contributed by atoms with Gasteiger partial charge in [0.25, 0.3) is 5.91 Å². The van der Waals surface area contributed by atoms with Crippen molar-refractivity contribution in [1.29, 1.82) is 5.26 Å². The lowest BCUT2D eigenvalue weighted by molar-refractivity contribution is -0.136. The highest BCUT2D eigenvalue weighted by Crippen LogP contribution is 2.20. The van der Waals surface area contributed by atoms with Crippen LogP contribution in [-0.4, -0.2) is 36.4 Å². The molecule has 0 aliphatic carbocycles. The average molecular weight is 377 g/mol. The molecule has 0 radical (unpaired) electrons. The van der Waals surface area contributed by atoms with E-state index in [4.69, 9.17) is 10.00 Å². The number of rotatable bonds is 5. The van der Waals surface area contributed by atoms with Crippen LogP contribution in [0, 0.1) is 24.2 Å². The largest absolute Gasteiger partial charge is 0.484 e. The summed E-state index contributed by atoms with van der Waals surface area (Å²) in [4.78, 5) is 26.5. The maximum absolute atomic E-state index is 12.4. The Balaban J connectivity index is 1.44. The van der Waals surface area contributed by atoms with Crippen LogP contribution in [0.3, 0.4) is 0 Å². The molecule has 0 saturated carbocycles. The normalized spacial score (nSPS) is 14.2. The fraction of sp³-hybridized carbons (Fsp3) is 0.318. The van der Waals surface area contributed by atoms with E-state index in [-0.39, 0.29) is 24.3 Å². The number of aryl methyl sites for hydroxylation is 1. The second kappa shape index (κ2) is 9.05. The van der Waals surface area contributed by atoms with Crippen LogP contribution in [0.25, 0.3) is 0 Å². The van der Waals surface area contributed by atoms with Crippen molar-refractivity contribution < 1.29 is 14.3 Å². The maximum Gasteiger partial charge on any atom is 0.260 e. The summed E-state index contributed by atoms with van der Waals surface area (Å²) in [6.07, 6.45) is 1.25. The summed E-state index contributed by atoms with van der Waals surface area (Å²) in [6.45, 7) is 3.09. The van der Waals surface area contributed by atoms with Crippen molar-refractivity contribution in [1.82, 2.24) is 4.90 Å². The number of carbonyl (C=O) groups is 2. The molecule has 0 spiro atoms. The van der Waals surface area contributed by atoms with E-state index in [1.807, 2.05) is 37.3 Å². The number of benzene rings is 2. The number of anilines is 1. The quantitative estimate of drug-likeness (QED) is 0.868. The topological polar surface area (TPSA) is 82.4 Å². The Bertz CT molecular complexity index is 861. The highest BCUT2D eigenvalue weighted by Gasteiger charge is 2.27. The lowest BCUT2D eigenvalue weighted by Crippen LogP contribution is -2.43. The van der Waals surface area contributed by atoms with Crippen molar-refractivity contribution in [2.45, 2.75) is 19.8 Å². The Morgan fingerprint density at radius 1 is 1.11 bits per heavy atom. The first-order valence-electron chi connectivity index (χ1n) is 9.33. The molecule has 1 N–H and O–H groups in total. The van der Waals surface area contributed by atoms with Crippen molar-refractivity contribution in [3.05, 3.63) is 59.7 Å². The van der Waals surface area contributed by atoms with Crippen LogP contribution in [0.4, 0.5) is 5.69 Å². The molecule has 6 heteroatoms. The Kier molecular flexibility index (Phi) is 6.28. The number of hydrogen-bond acceptors (Lipinski definition) is 4. The molecule has 2 aromatic rings. The summed E-state index contributed by atoms with van der Waals surface area (Å²) in [5.74, 6) is 0.438. The Morgan fingerprint density at radius 2 is 1.75 bits per heavy atom. The molecule has 0 bridgehead atoms. The number of amides is 2. The van der Waals surface area contributed by atoms with Gasteiger partial charge in [0.2, 0.25) is 5.91 Å². The van der Waals surface area contributed by atoms with Gasteiger partial charge < -0.3 is 15.0 Å². The molecule has 1 heterocycles. The number of carbonyl (C=O) groups excluding carboxylic acids is 2. The van der Waals surface area contributed by atoms with Crippen molar-refractivity contribution >= 4 is 17.5 Å². The molecule has 3 rings (SSSR count). The van der Waals surface area contributed by atoms with Crippen LogP contribution in [-0.2, 0) is 9.59 Å². The molecule has 0 aromatic heterocycles. The average Bonchev–Trinajstić information content (AvgIpc) is 2.73. The van der Waals surface area contributed by atoms with Crippen molar-refractivity contribution in [2.75, 3.05) is 25.0 Å². The summed E-state index contributed by atoms with van der Waals surface area (Å²) >= 11 is 0. The van der Waals surface area contributed by atoms with Crippen LogP contribution in [0.1, 0.15) is 24.0 Å². The zero-order valence-electron chi connectivity index (χ0n) is 15.9. The summed E-state index contributed by atoms with van der Waals surface area (Å²) < 4.78 is 5.55. The number of likely N-dealkylation sites (tertiary alicyclic amines) is 1. The van der Waals surface area contributed by atoms with Gasteiger partial charge in [0.05, 0.1) is 11.6 Å². The summed E-state index contributed by atoms with van der Waals surface area (Å²) in [6, 6.07) is 16.4. The van der Waals surface area contributed by atoms with Crippen LogP contribution < -0.4 is 10.1 Å². The maximum atomic E-state index is 12.4. The summed E-state index contributed by atoms with van der Waals surface area (Å²) in [7, 11) is 0. The van der Waals surface area contributed by atoms with Gasteiger partial charge in [-0.15, -0.1) is 0 Å². The lowest BCUT2D eigenvalue weighted by atomic mass is 9.95. The van der Waals surface area contributed by atoms with E-state index in [1.54, 1.807) is 29.2 Å². The molecule has 6 nitrogen and oxygen atoms in total. The monoisotopic (exact) mass is 377 g/mol. The predicted octanol–water partition coefficient (Wildman–Crippen LogP) is 3.12. The van der Waals surface area contributed by atoms with Gasteiger partial charge in [-0.25, -0.2) is 0 Å². The van der Waals surface area contributed by atoms with E-state index in [0.29, 0.717) is 42.9 Å². The summed E-state index contributed by atoms with van der Waals surface area (Å²) in [5.41, 5.74) is 2.37. The first kappa shape index (κ1) is 19.4. The van der Waals surface area contributed by atoms with Gasteiger partial charge in [-0.3, -0.25) is 9.59 Å². The fourth-order valence-electron chi connectivity index (χ4n) is 3.13. The third-order valence-corrected chi connectivity index (χ3v) is 4.88. The molecule has 2 amide bonds. The van der Waals surface area contributed by atoms with Gasteiger partial charge >= 0.3 is 0 Å². The third-order valence-electron chi connectivity index (χ3n) is 4.88. The van der Waals surface area contributed by atoms with Crippen LogP contribution in [0.2, 0.25) is 0 Å². The molecule has 2 aromatic carbocycles. The Labute approximate surface area is 164 Å². The molecule has 28 heavy (non-hydrogen) atoms. The highest BCUT2D eigenvalue weighted by molar-refractivity contribution is 5.92. The van der Waals surface area contributed by atoms with Gasteiger partial charge in [-0.1, -0.05) is 17.7 Å². The van der Waals surface area contributed by atoms with E-state index in [2.05, 4.69) is 5.32 Å². The van der Waals surface area contributed by atoms with Gasteiger partial charge in [0, 0.05) is 24.7 Å². The zero-order chi connectivity index (χ0) is 19.9. The third kappa shape index (κ3) is 5.10. The minimum absolute atomic E-state index is 0.00512. The minimum atomic E-state index is -0.127. The van der Waals surface area contributed by atoms with E-state index < -0.39 is 0 Å². The molecule has 1 saturated heterocycles. The smallest absolute Gasteiger partial charge is 0.260 e. The van der Waals surface area contributed by atoms with Crippen LogP contribution >= 0.6 is 0 Å². The van der Waals surface area contributed by atoms with Crippen molar-refractivity contribution in [3.8, 4) is 11.8 Å². The summed E-state index contributed by atoms with van der Waals surface area (Å²) in [5, 5.41) is 11.7. The van der Waals surface area contributed by atoms with E-state index in [0.717, 1.165) is 5.56 Å². The second-order valence-corrected chi connectivity index (χ2v) is 6.94. The zero-order valence-corrected chi connectivity index (χ0v) is 15.9. The van der Waals surface area contributed by atoms with Crippen molar-refractivity contribution in [3.63, 3.8) is 0 Å². The Morgan fingerprint density at radius 3 is 2.36 bits per heavy atom. The molecular weight excluding hydrogens is 354 g/mol. The predicted molar refractivity (Wildman–Crippen MR) is 106 cm³/mol. The Hall–Kier alpha value is -3.33. The molecule has 1 aliphatic heterocycles. The molecule has 1 aliphatic rings. The number of nitrogens with zero attached hydrogens (tertiary/aromatic N) is 2. The number of ether oxygens (including phenoxy) is 1. The lowest BCUT2D eigenvalue weighted by Gasteiger charge is -2.31. The molecular formula is C22H23N3O3. The first-order chi connectivity index (χ1) is 13.5. The van der Waals surface area contributed by atoms with Gasteiger partial charge in [-0.2, -0.15) is 5.26 Å². The molecule has 144 valence electrons. The van der Waals surface area contributed by atoms with E-state index in [9.17, 15) is 9.59 Å². The number of nitrogens with one attached hydrogen (secondary N) is 1. The van der Waals surface area contributed by atoms with Crippen molar-refractivity contribution in [2.24, 2.45) is 5.92 Å². The molecule has 0 unspecified atom stereocenters. The minimum Gasteiger partial charge on any atom is -0.484 e. The highest BCUT2D eigenvalue weighted by atomic mass is 16.5. The SMILES string of the molecule is Cc1ccc(OCC(=O)N2CCC(C(=O)Nc3ccc(C#N)cc3)CC2)cc1. The first-order valence-corrected chi connectivity index (χ1v) is 9.33. The molecule has 0 atom stereocenters.